The molecule has 0 saturated carbocycles. The summed E-state index contributed by atoms with van der Waals surface area (Å²) in [6.07, 6.45) is 0.817. The van der Waals surface area contributed by atoms with Crippen LogP contribution in [0, 0.1) is 5.92 Å². The number of hydrogen-bond donors (Lipinski definition) is 3. The van der Waals surface area contributed by atoms with Crippen LogP contribution in [0.4, 0.5) is 16.2 Å². The minimum atomic E-state index is -0.502. The first kappa shape index (κ1) is 28.6. The standard InChI is InChI=1S/C27H32N8O7/c1-16-10-35(17(2)13-36)26(38)20-8-18(29-25(37)12-34-14-28-31-32-34)4-6-21(20)42-24(16)11-33(3)27(39)30-19-5-7-22-23(9-19)41-15-40-22/h4-9,14,16-17,24,36H,10-13,15H2,1-3H3,(H,29,37)(H,30,39)/t16-,17-,24+/m1/s1. The van der Waals surface area contributed by atoms with Crippen molar-refractivity contribution in [2.24, 2.45) is 5.92 Å². The van der Waals surface area contributed by atoms with Crippen LogP contribution in [0.5, 0.6) is 17.2 Å². The molecule has 3 N–H and O–H groups in total. The third kappa shape index (κ3) is 6.35. The van der Waals surface area contributed by atoms with Gasteiger partial charge in [-0.25, -0.2) is 9.48 Å². The molecular formula is C27H32N8O7. The molecule has 0 aliphatic carbocycles. The number of amides is 4. The lowest BCUT2D eigenvalue weighted by molar-refractivity contribution is -0.116. The Kier molecular flexibility index (Phi) is 8.38. The first-order valence-electron chi connectivity index (χ1n) is 13.4. The predicted molar refractivity (Wildman–Crippen MR) is 148 cm³/mol. The maximum Gasteiger partial charge on any atom is 0.321 e. The highest BCUT2D eigenvalue weighted by Crippen LogP contribution is 2.34. The predicted octanol–water partition coefficient (Wildman–Crippen LogP) is 1.42. The third-order valence-corrected chi connectivity index (χ3v) is 7.07. The molecule has 0 fully saturated rings. The summed E-state index contributed by atoms with van der Waals surface area (Å²) < 4.78 is 18.3. The van der Waals surface area contributed by atoms with Gasteiger partial charge in [0, 0.05) is 37.0 Å². The van der Waals surface area contributed by atoms with E-state index in [1.165, 1.54) is 22.0 Å². The van der Waals surface area contributed by atoms with Gasteiger partial charge in [0.25, 0.3) is 5.91 Å². The van der Waals surface area contributed by atoms with Crippen LogP contribution in [-0.2, 0) is 11.3 Å². The number of nitrogens with zero attached hydrogens (tertiary/aromatic N) is 6. The maximum absolute atomic E-state index is 13.6. The van der Waals surface area contributed by atoms with Gasteiger partial charge in [0.15, 0.2) is 11.5 Å². The monoisotopic (exact) mass is 580 g/mol. The number of benzene rings is 2. The Morgan fingerprint density at radius 1 is 1.12 bits per heavy atom. The summed E-state index contributed by atoms with van der Waals surface area (Å²) in [5, 5.41) is 26.2. The highest BCUT2D eigenvalue weighted by atomic mass is 16.7. The smallest absolute Gasteiger partial charge is 0.321 e. The SMILES string of the molecule is C[C@@H]1CN([C@H](C)CO)C(=O)c2cc(NC(=O)Cn3cnnn3)ccc2O[C@H]1CN(C)C(=O)Nc1ccc2c(c1)OCO2. The molecule has 4 amide bonds. The number of urea groups is 1. The first-order valence-corrected chi connectivity index (χ1v) is 13.4. The summed E-state index contributed by atoms with van der Waals surface area (Å²) in [5.74, 6) is 0.536. The van der Waals surface area contributed by atoms with Crippen LogP contribution in [0.3, 0.4) is 0 Å². The van der Waals surface area contributed by atoms with E-state index in [1.54, 1.807) is 49.2 Å². The number of fused-ring (bicyclic) bond motifs is 2. The van der Waals surface area contributed by atoms with E-state index in [9.17, 15) is 19.5 Å². The molecule has 222 valence electrons. The Morgan fingerprint density at radius 2 is 1.86 bits per heavy atom. The van der Waals surface area contributed by atoms with Crippen molar-refractivity contribution in [3.05, 3.63) is 48.3 Å². The summed E-state index contributed by atoms with van der Waals surface area (Å²) in [7, 11) is 1.65. The molecule has 15 heteroatoms. The molecule has 2 aromatic carbocycles. The molecule has 0 radical (unpaired) electrons. The second kappa shape index (κ2) is 12.3. The number of hydrogen-bond acceptors (Lipinski definition) is 10. The summed E-state index contributed by atoms with van der Waals surface area (Å²) in [4.78, 5) is 42.3. The van der Waals surface area contributed by atoms with Crippen LogP contribution < -0.4 is 24.8 Å². The summed E-state index contributed by atoms with van der Waals surface area (Å²) >= 11 is 0. The molecule has 15 nitrogen and oxygen atoms in total. The van der Waals surface area contributed by atoms with Gasteiger partial charge in [-0.3, -0.25) is 9.59 Å². The van der Waals surface area contributed by atoms with Gasteiger partial charge in [0.1, 0.15) is 24.7 Å². The van der Waals surface area contributed by atoms with E-state index in [2.05, 4.69) is 26.2 Å². The number of aromatic nitrogens is 4. The minimum Gasteiger partial charge on any atom is -0.487 e. The molecule has 0 saturated heterocycles. The lowest BCUT2D eigenvalue weighted by atomic mass is 9.99. The summed E-state index contributed by atoms with van der Waals surface area (Å²) in [6, 6.07) is 9.09. The highest BCUT2D eigenvalue weighted by molar-refractivity contribution is 6.00. The second-order valence-corrected chi connectivity index (χ2v) is 10.3. The normalized spacial score (nSPS) is 18.3. The topological polar surface area (TPSA) is 173 Å². The van der Waals surface area contributed by atoms with E-state index in [0.717, 1.165) is 0 Å². The van der Waals surface area contributed by atoms with E-state index in [-0.39, 0.29) is 62.4 Å². The number of nitrogens with one attached hydrogen (secondary N) is 2. The molecule has 2 aliphatic rings. The van der Waals surface area contributed by atoms with E-state index in [1.807, 2.05) is 6.92 Å². The zero-order chi connectivity index (χ0) is 29.8. The van der Waals surface area contributed by atoms with E-state index in [4.69, 9.17) is 14.2 Å². The van der Waals surface area contributed by atoms with Gasteiger partial charge in [-0.2, -0.15) is 0 Å². The number of rotatable bonds is 8. The van der Waals surface area contributed by atoms with E-state index < -0.39 is 12.1 Å². The number of carbonyl (C=O) groups excluding carboxylic acids is 3. The van der Waals surface area contributed by atoms with Gasteiger partial charge >= 0.3 is 6.03 Å². The Hall–Kier alpha value is -4.92. The third-order valence-electron chi connectivity index (χ3n) is 7.07. The number of ether oxygens (including phenoxy) is 3. The number of aliphatic hydroxyl groups is 1. The van der Waals surface area contributed by atoms with Crippen molar-refractivity contribution in [1.82, 2.24) is 30.0 Å². The molecule has 1 aromatic heterocycles. The number of aliphatic hydroxyl groups excluding tert-OH is 1. The van der Waals surface area contributed by atoms with Gasteiger partial charge in [0.05, 0.1) is 24.8 Å². The van der Waals surface area contributed by atoms with Crippen molar-refractivity contribution >= 4 is 29.2 Å². The van der Waals surface area contributed by atoms with Gasteiger partial charge in [-0.15, -0.1) is 5.10 Å². The second-order valence-electron chi connectivity index (χ2n) is 10.3. The molecular weight excluding hydrogens is 548 g/mol. The lowest BCUT2D eigenvalue weighted by Crippen LogP contribution is -2.50. The average molecular weight is 581 g/mol. The van der Waals surface area contributed by atoms with E-state index in [0.29, 0.717) is 28.6 Å². The van der Waals surface area contributed by atoms with Crippen LogP contribution in [0.15, 0.2) is 42.7 Å². The van der Waals surface area contributed by atoms with Crippen molar-refractivity contribution in [3.63, 3.8) is 0 Å². The van der Waals surface area contributed by atoms with Crippen molar-refractivity contribution in [2.45, 2.75) is 32.5 Å². The quantitative estimate of drug-likeness (QED) is 0.354. The fraction of sp³-hybridized carbons (Fsp3) is 0.407. The largest absolute Gasteiger partial charge is 0.487 e. The average Bonchev–Trinajstić information content (AvgIpc) is 3.66. The van der Waals surface area contributed by atoms with Gasteiger partial charge in [-0.05, 0) is 47.7 Å². The number of tetrazole rings is 1. The summed E-state index contributed by atoms with van der Waals surface area (Å²) in [6.45, 7) is 3.95. The molecule has 5 rings (SSSR count). The van der Waals surface area contributed by atoms with Crippen molar-refractivity contribution in [3.8, 4) is 17.2 Å². The molecule has 3 aromatic rings. The number of carbonyl (C=O) groups is 3. The molecule has 3 heterocycles. The van der Waals surface area contributed by atoms with Crippen molar-refractivity contribution in [1.29, 1.82) is 0 Å². The molecule has 42 heavy (non-hydrogen) atoms. The van der Waals surface area contributed by atoms with Crippen LogP contribution in [0.25, 0.3) is 0 Å². The van der Waals surface area contributed by atoms with Crippen LogP contribution >= 0.6 is 0 Å². The highest BCUT2D eigenvalue weighted by Gasteiger charge is 2.34. The molecule has 0 unspecified atom stereocenters. The fourth-order valence-corrected chi connectivity index (χ4v) is 4.66. The van der Waals surface area contributed by atoms with Gasteiger partial charge < -0.3 is 39.8 Å². The molecule has 3 atom stereocenters. The number of anilines is 2. The van der Waals surface area contributed by atoms with E-state index >= 15 is 0 Å². The Balaban J connectivity index is 1.33. The first-order chi connectivity index (χ1) is 20.2. The van der Waals surface area contributed by atoms with Gasteiger partial charge in [0.2, 0.25) is 12.7 Å². The van der Waals surface area contributed by atoms with Crippen molar-refractivity contribution < 1.29 is 33.7 Å². The van der Waals surface area contributed by atoms with Crippen molar-refractivity contribution in [2.75, 3.05) is 44.2 Å². The maximum atomic E-state index is 13.6. The summed E-state index contributed by atoms with van der Waals surface area (Å²) in [5.41, 5.74) is 1.15. The number of likely N-dealkylation sites (N-methyl/N-ethyl adjacent to an activating group) is 1. The Bertz CT molecular complexity index is 1450. The molecule has 0 spiro atoms. The molecule has 0 bridgehead atoms. The minimum absolute atomic E-state index is 0.109. The Morgan fingerprint density at radius 3 is 2.60 bits per heavy atom. The molecule has 2 aliphatic heterocycles. The van der Waals surface area contributed by atoms with Crippen LogP contribution in [0.2, 0.25) is 0 Å². The Labute approximate surface area is 241 Å². The zero-order valence-corrected chi connectivity index (χ0v) is 23.4. The van der Waals surface area contributed by atoms with Gasteiger partial charge in [-0.1, -0.05) is 6.92 Å². The van der Waals surface area contributed by atoms with Crippen LogP contribution in [-0.4, -0.2) is 98.6 Å². The lowest BCUT2D eigenvalue weighted by Gasteiger charge is -2.38. The van der Waals surface area contributed by atoms with Crippen LogP contribution in [0.1, 0.15) is 24.2 Å². The fourth-order valence-electron chi connectivity index (χ4n) is 4.66. The zero-order valence-electron chi connectivity index (χ0n) is 23.4.